The molecule has 94 heavy (non-hydrogen) atoms. The van der Waals surface area contributed by atoms with Gasteiger partial charge in [-0.05, 0) is 12.2 Å². The van der Waals surface area contributed by atoms with Crippen LogP contribution in [-0.2, 0) is 80.6 Å². The molecule has 41 nitrogen and oxygen atoms in total. The number of carbonyl (C=O) groups excluding carboxylic acids is 1. The van der Waals surface area contributed by atoms with Gasteiger partial charge in [0.1, 0.15) is 189 Å². The number of ether oxygens (including phenoxy) is 16. The third-order valence-electron chi connectivity index (χ3n) is 17.4. The number of hydrogen-bond donors (Lipinski definition) is 23. The van der Waals surface area contributed by atoms with Crippen molar-refractivity contribution >= 4 is 17.7 Å². The van der Waals surface area contributed by atoms with Crippen molar-refractivity contribution in [3.05, 3.63) is 0 Å². The third-order valence-corrected chi connectivity index (χ3v) is 18.5. The van der Waals surface area contributed by atoms with Crippen LogP contribution >= 0.6 is 11.8 Å². The summed E-state index contributed by atoms with van der Waals surface area (Å²) in [4.78, 5) is 11.3. The Kier molecular flexibility index (Phi) is 29.0. The summed E-state index contributed by atoms with van der Waals surface area (Å²) in [5.74, 6) is -1.98. The summed E-state index contributed by atoms with van der Waals surface area (Å²) in [6.45, 7) is -7.64. The van der Waals surface area contributed by atoms with Crippen LogP contribution in [0.2, 0.25) is 0 Å². The molecule has 30 fully saturated rings. The molecular formula is C51H83NaO41S. The van der Waals surface area contributed by atoms with Crippen LogP contribution in [0.5, 0.6) is 0 Å². The topological polar surface area (TPSA) is 653 Å². The Bertz CT molecular complexity index is 2300. The Balaban J connectivity index is 0.0000113. The van der Waals surface area contributed by atoms with E-state index < -0.39 is 304 Å². The van der Waals surface area contributed by atoms with Crippen LogP contribution in [0.3, 0.4) is 0 Å². The summed E-state index contributed by atoms with van der Waals surface area (Å²) < 4.78 is 92.1. The summed E-state index contributed by atoms with van der Waals surface area (Å²) in [6, 6.07) is 0. The van der Waals surface area contributed by atoms with E-state index >= 15 is 0 Å². The zero-order valence-electron chi connectivity index (χ0n) is 49.7. The quantitative estimate of drug-likeness (QED) is 0.0637. The van der Waals surface area contributed by atoms with E-state index in [0.717, 1.165) is 11.8 Å². The molecule has 30 aliphatic rings. The molecule has 30 rings (SSSR count). The average molecular weight is 1410 g/mol. The summed E-state index contributed by atoms with van der Waals surface area (Å²) in [7, 11) is 0. The second kappa shape index (κ2) is 34.5. The first kappa shape index (κ1) is 79.0. The van der Waals surface area contributed by atoms with E-state index in [2.05, 4.69) is 0 Å². The number of carbonyl (C=O) groups is 1. The van der Waals surface area contributed by atoms with Crippen molar-refractivity contribution in [2.45, 2.75) is 252 Å². The van der Waals surface area contributed by atoms with Crippen molar-refractivity contribution in [2.75, 3.05) is 57.8 Å². The number of aliphatic hydroxyl groups excluding tert-OH is 23. The molecule has 30 aliphatic heterocycles. The van der Waals surface area contributed by atoms with Crippen molar-refractivity contribution in [3.63, 3.8) is 0 Å². The number of thioether (sulfide) groups is 1. The fraction of sp³-hybridized carbons (Fsp3) is 0.980. The van der Waals surface area contributed by atoms with E-state index in [1.165, 1.54) is 0 Å². The molecule has 0 radical (unpaired) electrons. The monoisotopic (exact) mass is 1410 g/mol. The molecule has 540 valence electrons. The molecule has 40 atom stereocenters. The third kappa shape index (κ3) is 16.5. The van der Waals surface area contributed by atoms with E-state index in [4.69, 9.17) is 75.8 Å². The molecule has 0 aromatic rings. The fourth-order valence-corrected chi connectivity index (χ4v) is 13.2. The summed E-state index contributed by atoms with van der Waals surface area (Å²) in [5, 5.41) is 268. The first-order valence-corrected chi connectivity index (χ1v) is 30.8. The van der Waals surface area contributed by atoms with Crippen molar-refractivity contribution < 1.29 is 233 Å². The second-order valence-electron chi connectivity index (χ2n) is 23.5. The van der Waals surface area contributed by atoms with Crippen LogP contribution in [0.25, 0.3) is 0 Å². The molecule has 0 spiro atoms. The van der Waals surface area contributed by atoms with Gasteiger partial charge in [-0.2, -0.15) is 11.8 Å². The molecule has 0 aromatic carbocycles. The van der Waals surface area contributed by atoms with Crippen LogP contribution in [0, 0.1) is 0 Å². The van der Waals surface area contributed by atoms with E-state index in [-0.39, 0.29) is 41.1 Å². The number of aliphatic hydroxyl groups is 23. The fourth-order valence-electron chi connectivity index (χ4n) is 12.2. The van der Waals surface area contributed by atoms with Crippen LogP contribution in [0.15, 0.2) is 0 Å². The SMILES string of the molecule is O=C([O-])CCSC[C@H]1O[C@@H]2O[C@H]3[C@H](O)[C@@H](O)[C@@H](O[C@H]4[C@H](O)[C@@H](O)[C@@H](O[C@H]5[C@H](O)[C@@H](O)[C@@H](O[C@H]6[C@H](O)[C@H](O)[C@@H](O[C@H]7[C@H](O)[C@@H](O)[C@@H](O[C@H]8[C@H](O)[C@@H](O)[C@@H](O[C@H]9[C@H](O)[C@@H](O)[C@@H](O[C@H]1[C@H](O)[C@H]2O)O[C@@H]9CO)O[C@@H]8CO)O[C@@H]7CO)O[C@@H]6CO)O[C@@H]5CO)O[C@@H]4CO)O[C@@H]3CO.[Na+]. The second-order valence-corrected chi connectivity index (χ2v) is 24.6. The standard InChI is InChI=1S/C51H84O41S.Na/c52-3-11-36-20(61)28(69)44(77-11)86-37-12(4-53)79-46(30(71)22(37)63)88-39-14(6-55)81-48(32(73)24(39)65)90-41-16(8-57)83-50(34(75)26(41)67)92-43-18(10-93-2-1-19(59)60)84-51(35(76)27(43)68)91-42-17(9-58)82-49(33(74)25(42)66)89-40-15(7-56)80-47(31(72)23(40)64)87-38-13(5-54)78-45(85-36)29(70)21(38)62;/h11-18,20-58,61-76H,1-10H2,(H,59,60);/q;+1/p-1/t11-,12-,13-,14-,15-,16-,17-,18-,20-,21-,22-,23-,24-,25-,26-,27-,28+,29-,30-,31-,32-,33-,34-,35-,36-,37-,38-,39-,40-,41-,42-,43-,44-,45-,46-,47-,48-,49-,50-,51-;/m1./s1. The number of hydrogen-bond acceptors (Lipinski definition) is 42. The van der Waals surface area contributed by atoms with E-state index in [1.54, 1.807) is 0 Å². The maximum atomic E-state index is 11.7. The van der Waals surface area contributed by atoms with E-state index in [1.807, 2.05) is 0 Å². The van der Waals surface area contributed by atoms with Gasteiger partial charge in [-0.3, -0.25) is 0 Å². The Morgan fingerprint density at radius 2 is 0.404 bits per heavy atom. The molecule has 43 heteroatoms. The molecule has 0 aliphatic carbocycles. The minimum absolute atomic E-state index is 0. The van der Waals surface area contributed by atoms with Crippen LogP contribution in [0.1, 0.15) is 6.42 Å². The molecule has 0 unspecified atom stereocenters. The Morgan fingerprint density at radius 3 is 0.553 bits per heavy atom. The molecule has 0 aromatic heterocycles. The van der Waals surface area contributed by atoms with Gasteiger partial charge >= 0.3 is 29.6 Å². The number of carboxylic acid groups (broad SMARTS) is 1. The Morgan fingerprint density at radius 1 is 0.255 bits per heavy atom. The van der Waals surface area contributed by atoms with Crippen molar-refractivity contribution in [1.82, 2.24) is 0 Å². The predicted molar refractivity (Wildman–Crippen MR) is 281 cm³/mol. The maximum absolute atomic E-state index is 11.7. The smallest absolute Gasteiger partial charge is 0.550 e. The van der Waals surface area contributed by atoms with Gasteiger partial charge < -0.3 is 203 Å². The first-order valence-electron chi connectivity index (χ1n) is 29.7. The molecule has 0 saturated carbocycles. The summed E-state index contributed by atoms with van der Waals surface area (Å²) in [6.07, 6.45) is -82.7. The number of aliphatic carboxylic acids is 1. The van der Waals surface area contributed by atoms with Gasteiger partial charge in [-0.1, -0.05) is 0 Å². The van der Waals surface area contributed by atoms with Gasteiger partial charge in [-0.15, -0.1) is 0 Å². The van der Waals surface area contributed by atoms with Gasteiger partial charge in [-0.25, -0.2) is 0 Å². The van der Waals surface area contributed by atoms with Gasteiger partial charge in [0.2, 0.25) is 0 Å². The van der Waals surface area contributed by atoms with Gasteiger partial charge in [0.05, 0.1) is 52.4 Å². The first-order chi connectivity index (χ1) is 44.2. The minimum Gasteiger partial charge on any atom is -0.550 e. The summed E-state index contributed by atoms with van der Waals surface area (Å²) in [5.41, 5.74) is 0. The van der Waals surface area contributed by atoms with Crippen molar-refractivity contribution in [1.29, 1.82) is 0 Å². The summed E-state index contributed by atoms with van der Waals surface area (Å²) >= 11 is 0.859. The van der Waals surface area contributed by atoms with Gasteiger partial charge in [0.15, 0.2) is 50.3 Å². The van der Waals surface area contributed by atoms with Gasteiger partial charge in [0, 0.05) is 11.7 Å². The van der Waals surface area contributed by atoms with Crippen molar-refractivity contribution in [3.8, 4) is 0 Å². The van der Waals surface area contributed by atoms with Gasteiger partial charge in [0.25, 0.3) is 0 Å². The predicted octanol–water partition coefficient (Wildman–Crippen LogP) is -20.5. The molecule has 30 heterocycles. The number of carboxylic acids is 1. The van der Waals surface area contributed by atoms with Crippen molar-refractivity contribution in [2.24, 2.45) is 0 Å². The molecule has 23 N–H and O–H groups in total. The van der Waals surface area contributed by atoms with Crippen LogP contribution < -0.4 is 34.7 Å². The van der Waals surface area contributed by atoms with E-state index in [9.17, 15) is 127 Å². The Labute approximate surface area is 558 Å². The van der Waals surface area contributed by atoms with Crippen LogP contribution in [-0.4, -0.2) is 427 Å². The van der Waals surface area contributed by atoms with Crippen LogP contribution in [0.4, 0.5) is 0 Å². The average Bonchev–Trinajstić information content (AvgIpc) is 0.783. The normalized spacial score (nSPS) is 52.4. The molecule has 30 saturated heterocycles. The Hall–Kier alpha value is -0.740. The number of rotatable bonds is 12. The minimum atomic E-state index is -2.27. The maximum Gasteiger partial charge on any atom is 1.00 e. The zero-order valence-corrected chi connectivity index (χ0v) is 52.5. The molecular weight excluding hydrogens is 1320 g/mol. The molecule has 0 amide bonds. The van der Waals surface area contributed by atoms with E-state index in [0.29, 0.717) is 0 Å². The zero-order chi connectivity index (χ0) is 67.8. The molecule has 16 bridgehead atoms. The largest absolute Gasteiger partial charge is 1.00 e.